The predicted octanol–water partition coefficient (Wildman–Crippen LogP) is 4.26. The van der Waals surface area contributed by atoms with Crippen molar-refractivity contribution in [1.29, 1.82) is 0 Å². The molecule has 0 heterocycles. The van der Waals surface area contributed by atoms with Gasteiger partial charge in [0.25, 0.3) is 0 Å². The lowest BCUT2D eigenvalue weighted by Gasteiger charge is -2.01. The van der Waals surface area contributed by atoms with E-state index >= 15 is 0 Å². The lowest BCUT2D eigenvalue weighted by Crippen LogP contribution is -1.90. The predicted molar refractivity (Wildman–Crippen MR) is 74.4 cm³/mol. The van der Waals surface area contributed by atoms with E-state index in [1.807, 2.05) is 37.3 Å². The minimum atomic E-state index is -0.303. The SMILES string of the molecule is Cc1ccc(/C=C2\CC(=O)c3ccc(F)cc32)cc1. The minimum absolute atomic E-state index is 0.0633. The van der Waals surface area contributed by atoms with Gasteiger partial charge in [0.2, 0.25) is 0 Å². The Morgan fingerprint density at radius 2 is 1.79 bits per heavy atom. The summed E-state index contributed by atoms with van der Waals surface area (Å²) in [5.74, 6) is -0.239. The number of fused-ring (bicyclic) bond motifs is 1. The van der Waals surface area contributed by atoms with Gasteiger partial charge in [0.05, 0.1) is 0 Å². The molecule has 2 aromatic rings. The smallest absolute Gasteiger partial charge is 0.167 e. The van der Waals surface area contributed by atoms with Crippen molar-refractivity contribution >= 4 is 17.4 Å². The molecule has 0 atom stereocenters. The highest BCUT2D eigenvalue weighted by atomic mass is 19.1. The van der Waals surface area contributed by atoms with Crippen LogP contribution in [-0.4, -0.2) is 5.78 Å². The molecule has 2 aromatic carbocycles. The first-order chi connectivity index (χ1) is 9.13. The molecule has 0 aromatic heterocycles. The Kier molecular flexibility index (Phi) is 2.79. The third-order valence-corrected chi connectivity index (χ3v) is 3.40. The molecule has 1 aliphatic carbocycles. The van der Waals surface area contributed by atoms with E-state index in [1.54, 1.807) is 6.07 Å². The molecule has 1 nitrogen and oxygen atoms in total. The van der Waals surface area contributed by atoms with Gasteiger partial charge in [-0.1, -0.05) is 35.9 Å². The molecule has 0 unspecified atom stereocenters. The third kappa shape index (κ3) is 2.22. The number of ketones is 1. The summed E-state index contributed by atoms with van der Waals surface area (Å²) in [5, 5.41) is 0. The van der Waals surface area contributed by atoms with Gasteiger partial charge in [-0.05, 0) is 41.8 Å². The fraction of sp³-hybridized carbons (Fsp3) is 0.118. The number of hydrogen-bond acceptors (Lipinski definition) is 1. The van der Waals surface area contributed by atoms with Crippen molar-refractivity contribution in [3.05, 3.63) is 70.5 Å². The van der Waals surface area contributed by atoms with Crippen molar-refractivity contribution in [3.8, 4) is 0 Å². The molecule has 0 radical (unpaired) electrons. The van der Waals surface area contributed by atoms with Crippen LogP contribution in [0.3, 0.4) is 0 Å². The Morgan fingerprint density at radius 1 is 1.05 bits per heavy atom. The number of rotatable bonds is 1. The van der Waals surface area contributed by atoms with Crippen molar-refractivity contribution in [2.45, 2.75) is 13.3 Å². The first-order valence-corrected chi connectivity index (χ1v) is 6.24. The van der Waals surface area contributed by atoms with Crippen LogP contribution in [-0.2, 0) is 0 Å². The standard InChI is InChI=1S/C17H13FO/c1-11-2-4-12(5-3-11)8-13-9-17(19)15-7-6-14(18)10-16(13)15/h2-8,10H,9H2,1H3/b13-8+. The van der Waals surface area contributed by atoms with E-state index in [0.29, 0.717) is 12.0 Å². The zero-order valence-electron chi connectivity index (χ0n) is 10.6. The fourth-order valence-electron chi connectivity index (χ4n) is 2.38. The quantitative estimate of drug-likeness (QED) is 0.741. The first-order valence-electron chi connectivity index (χ1n) is 6.24. The Bertz CT molecular complexity index is 681. The van der Waals surface area contributed by atoms with Gasteiger partial charge in [-0.3, -0.25) is 4.79 Å². The molecular weight excluding hydrogens is 239 g/mol. The van der Waals surface area contributed by atoms with Crippen LogP contribution in [0.1, 0.15) is 33.5 Å². The number of benzene rings is 2. The summed E-state index contributed by atoms with van der Waals surface area (Å²) in [4.78, 5) is 11.9. The van der Waals surface area contributed by atoms with E-state index in [0.717, 1.165) is 16.7 Å². The second kappa shape index (κ2) is 4.47. The number of halogens is 1. The minimum Gasteiger partial charge on any atom is -0.294 e. The lowest BCUT2D eigenvalue weighted by molar-refractivity contribution is 0.100. The second-order valence-corrected chi connectivity index (χ2v) is 4.87. The molecule has 3 rings (SSSR count). The monoisotopic (exact) mass is 252 g/mol. The maximum absolute atomic E-state index is 13.3. The number of Topliss-reactive ketones (excluding diaryl/α,β-unsaturated/α-hetero) is 1. The van der Waals surface area contributed by atoms with E-state index in [9.17, 15) is 9.18 Å². The summed E-state index contributed by atoms with van der Waals surface area (Å²) < 4.78 is 13.3. The van der Waals surface area contributed by atoms with E-state index < -0.39 is 0 Å². The van der Waals surface area contributed by atoms with E-state index in [2.05, 4.69) is 0 Å². The molecule has 2 heteroatoms. The Hall–Kier alpha value is -2.22. The van der Waals surface area contributed by atoms with Crippen molar-refractivity contribution < 1.29 is 9.18 Å². The number of carbonyl (C=O) groups is 1. The van der Waals surface area contributed by atoms with Crippen LogP contribution < -0.4 is 0 Å². The largest absolute Gasteiger partial charge is 0.294 e. The lowest BCUT2D eigenvalue weighted by atomic mass is 10.0. The molecule has 0 amide bonds. The van der Waals surface area contributed by atoms with Crippen LogP contribution in [0.5, 0.6) is 0 Å². The molecule has 0 saturated carbocycles. The average molecular weight is 252 g/mol. The highest BCUT2D eigenvalue weighted by Crippen LogP contribution is 2.34. The van der Waals surface area contributed by atoms with E-state index in [-0.39, 0.29) is 11.6 Å². The summed E-state index contributed by atoms with van der Waals surface area (Å²) in [6.07, 6.45) is 2.31. The first kappa shape index (κ1) is 11.8. The molecule has 1 aliphatic rings. The van der Waals surface area contributed by atoms with Crippen molar-refractivity contribution in [3.63, 3.8) is 0 Å². The molecule has 0 spiro atoms. The molecular formula is C17H13FO. The molecule has 0 fully saturated rings. The molecule has 0 aliphatic heterocycles. The van der Waals surface area contributed by atoms with Gasteiger partial charge < -0.3 is 0 Å². The highest BCUT2D eigenvalue weighted by molar-refractivity contribution is 6.14. The second-order valence-electron chi connectivity index (χ2n) is 4.87. The van der Waals surface area contributed by atoms with Crippen LogP contribution in [0.25, 0.3) is 11.6 Å². The summed E-state index contributed by atoms with van der Waals surface area (Å²) in [6.45, 7) is 2.03. The van der Waals surface area contributed by atoms with Crippen LogP contribution >= 0.6 is 0 Å². The number of allylic oxidation sites excluding steroid dienone is 1. The zero-order chi connectivity index (χ0) is 13.4. The summed E-state index contributed by atoms with van der Waals surface area (Å²) in [6, 6.07) is 12.4. The Balaban J connectivity index is 2.06. The Labute approximate surface area is 111 Å². The summed E-state index contributed by atoms with van der Waals surface area (Å²) in [7, 11) is 0. The molecule has 0 N–H and O–H groups in total. The van der Waals surface area contributed by atoms with Gasteiger partial charge in [-0.15, -0.1) is 0 Å². The van der Waals surface area contributed by atoms with Crippen molar-refractivity contribution in [1.82, 2.24) is 0 Å². The van der Waals surface area contributed by atoms with Gasteiger partial charge >= 0.3 is 0 Å². The average Bonchev–Trinajstić information content (AvgIpc) is 2.69. The van der Waals surface area contributed by atoms with Gasteiger partial charge in [0.1, 0.15) is 5.82 Å². The highest BCUT2D eigenvalue weighted by Gasteiger charge is 2.24. The number of carbonyl (C=O) groups excluding carboxylic acids is 1. The molecule has 94 valence electrons. The van der Waals surface area contributed by atoms with Crippen LogP contribution in [0.2, 0.25) is 0 Å². The maximum atomic E-state index is 13.3. The summed E-state index contributed by atoms with van der Waals surface area (Å²) in [5.41, 5.74) is 4.47. The van der Waals surface area contributed by atoms with Crippen molar-refractivity contribution in [2.24, 2.45) is 0 Å². The summed E-state index contributed by atoms with van der Waals surface area (Å²) >= 11 is 0. The van der Waals surface area contributed by atoms with Crippen LogP contribution in [0, 0.1) is 12.7 Å². The van der Waals surface area contributed by atoms with Gasteiger partial charge in [0, 0.05) is 12.0 Å². The molecule has 19 heavy (non-hydrogen) atoms. The number of hydrogen-bond donors (Lipinski definition) is 0. The topological polar surface area (TPSA) is 17.1 Å². The van der Waals surface area contributed by atoms with Gasteiger partial charge in [-0.25, -0.2) is 4.39 Å². The molecule has 0 bridgehead atoms. The third-order valence-electron chi connectivity index (χ3n) is 3.40. The van der Waals surface area contributed by atoms with Crippen LogP contribution in [0.15, 0.2) is 42.5 Å². The van der Waals surface area contributed by atoms with Gasteiger partial charge in [-0.2, -0.15) is 0 Å². The van der Waals surface area contributed by atoms with Gasteiger partial charge in [0.15, 0.2) is 5.78 Å². The van der Waals surface area contributed by atoms with E-state index in [1.165, 1.54) is 17.7 Å². The number of aryl methyl sites for hydroxylation is 1. The maximum Gasteiger partial charge on any atom is 0.167 e. The van der Waals surface area contributed by atoms with Crippen LogP contribution in [0.4, 0.5) is 4.39 Å². The van der Waals surface area contributed by atoms with Crippen molar-refractivity contribution in [2.75, 3.05) is 0 Å². The zero-order valence-corrected chi connectivity index (χ0v) is 10.6. The van der Waals surface area contributed by atoms with E-state index in [4.69, 9.17) is 0 Å². The molecule has 0 saturated heterocycles. The normalized spacial score (nSPS) is 15.9. The Morgan fingerprint density at radius 3 is 2.53 bits per heavy atom. The fourth-order valence-corrected chi connectivity index (χ4v) is 2.38.